The molecule has 0 radical (unpaired) electrons. The van der Waals surface area contributed by atoms with Gasteiger partial charge >= 0.3 is 0 Å². The van der Waals surface area contributed by atoms with Gasteiger partial charge in [-0.25, -0.2) is 4.98 Å². The van der Waals surface area contributed by atoms with Crippen molar-refractivity contribution in [2.24, 2.45) is 0 Å². The number of carbonyl (C=O) groups is 1. The minimum atomic E-state index is -0.234. The van der Waals surface area contributed by atoms with Crippen LogP contribution in [0.4, 0.5) is 0 Å². The van der Waals surface area contributed by atoms with Gasteiger partial charge in [0.2, 0.25) is 5.76 Å². The second kappa shape index (κ2) is 7.99. The Labute approximate surface area is 151 Å². The van der Waals surface area contributed by atoms with Crippen LogP contribution in [0.25, 0.3) is 11.1 Å². The molecule has 3 rings (SSSR count). The molecule has 0 saturated heterocycles. The Morgan fingerprint density at radius 2 is 1.96 bits per heavy atom. The third-order valence-corrected chi connectivity index (χ3v) is 4.13. The molecule has 0 saturated carbocycles. The van der Waals surface area contributed by atoms with Crippen LogP contribution in [0.15, 0.2) is 59.1 Å². The predicted octanol–water partition coefficient (Wildman–Crippen LogP) is 4.53. The molecule has 5 heteroatoms. The molecule has 1 heterocycles. The second-order valence-electron chi connectivity index (χ2n) is 5.68. The van der Waals surface area contributed by atoms with E-state index in [2.05, 4.69) is 34.6 Å². The Balaban J connectivity index is 1.54. The number of rotatable bonds is 6. The highest BCUT2D eigenvalue weighted by Crippen LogP contribution is 2.23. The van der Waals surface area contributed by atoms with Gasteiger partial charge in [-0.3, -0.25) is 4.79 Å². The van der Waals surface area contributed by atoms with E-state index >= 15 is 0 Å². The van der Waals surface area contributed by atoms with Crippen molar-refractivity contribution in [1.29, 1.82) is 0 Å². The van der Waals surface area contributed by atoms with Crippen molar-refractivity contribution >= 4 is 17.5 Å². The zero-order valence-corrected chi connectivity index (χ0v) is 14.7. The highest BCUT2D eigenvalue weighted by Gasteiger charge is 2.11. The summed E-state index contributed by atoms with van der Waals surface area (Å²) in [5.41, 5.74) is 3.35. The summed E-state index contributed by atoms with van der Waals surface area (Å²) in [7, 11) is 0. The highest BCUT2D eigenvalue weighted by atomic mass is 35.5. The number of carbonyl (C=O) groups excluding carboxylic acids is 1. The third kappa shape index (κ3) is 4.48. The molecule has 3 aromatic rings. The summed E-state index contributed by atoms with van der Waals surface area (Å²) in [6.07, 6.45) is 2.89. The maximum absolute atomic E-state index is 12.0. The van der Waals surface area contributed by atoms with Crippen molar-refractivity contribution in [2.75, 3.05) is 6.54 Å². The largest absolute Gasteiger partial charge is 0.436 e. The molecule has 0 bridgehead atoms. The first-order chi connectivity index (χ1) is 12.2. The number of halogens is 1. The number of aromatic nitrogens is 1. The van der Waals surface area contributed by atoms with Gasteiger partial charge in [0.25, 0.3) is 5.91 Å². The number of amides is 1. The van der Waals surface area contributed by atoms with Gasteiger partial charge in [-0.1, -0.05) is 54.9 Å². The lowest BCUT2D eigenvalue weighted by Crippen LogP contribution is -2.25. The lowest BCUT2D eigenvalue weighted by Gasteiger charge is -2.06. The molecule has 25 heavy (non-hydrogen) atoms. The molecule has 0 aliphatic heterocycles. The fraction of sp³-hybridized carbons (Fsp3) is 0.200. The van der Waals surface area contributed by atoms with Gasteiger partial charge in [0, 0.05) is 18.0 Å². The Morgan fingerprint density at radius 1 is 1.16 bits per heavy atom. The number of hydrogen-bond acceptors (Lipinski definition) is 3. The van der Waals surface area contributed by atoms with Crippen molar-refractivity contribution in [2.45, 2.75) is 19.8 Å². The van der Waals surface area contributed by atoms with E-state index in [-0.39, 0.29) is 11.7 Å². The molecule has 2 aromatic carbocycles. The van der Waals surface area contributed by atoms with Crippen molar-refractivity contribution in [3.8, 4) is 11.1 Å². The van der Waals surface area contributed by atoms with Crippen molar-refractivity contribution in [1.82, 2.24) is 10.3 Å². The molecule has 0 aliphatic carbocycles. The summed E-state index contributed by atoms with van der Waals surface area (Å²) in [6.45, 7) is 2.47. The topological polar surface area (TPSA) is 55.1 Å². The van der Waals surface area contributed by atoms with Gasteiger partial charge in [0.1, 0.15) is 0 Å². The molecule has 0 atom stereocenters. The first kappa shape index (κ1) is 17.2. The van der Waals surface area contributed by atoms with E-state index in [1.807, 2.05) is 31.2 Å². The van der Waals surface area contributed by atoms with Crippen LogP contribution in [0.3, 0.4) is 0 Å². The van der Waals surface area contributed by atoms with Crippen LogP contribution in [0, 0.1) is 0 Å². The Morgan fingerprint density at radius 3 is 2.64 bits per heavy atom. The first-order valence-electron chi connectivity index (χ1n) is 8.23. The molecule has 0 unspecified atom stereocenters. The van der Waals surface area contributed by atoms with E-state index in [1.54, 1.807) is 0 Å². The Bertz CT molecular complexity index is 856. The summed E-state index contributed by atoms with van der Waals surface area (Å²) >= 11 is 6.03. The number of hydrogen-bond donors (Lipinski definition) is 1. The van der Waals surface area contributed by atoms with Crippen LogP contribution < -0.4 is 5.32 Å². The molecule has 1 aromatic heterocycles. The van der Waals surface area contributed by atoms with Crippen LogP contribution in [0.1, 0.15) is 28.9 Å². The van der Waals surface area contributed by atoms with E-state index < -0.39 is 0 Å². The van der Waals surface area contributed by atoms with Crippen LogP contribution in [-0.2, 0) is 12.8 Å². The third-order valence-electron chi connectivity index (χ3n) is 3.89. The standard InChI is InChI=1S/C20H19ClN2O2/c1-2-19-23-13-18(25-19)20(24)22-11-10-14-6-8-15(9-7-14)16-4-3-5-17(21)12-16/h3-9,12-13H,2,10-11H2,1H3,(H,22,24). The molecular weight excluding hydrogens is 336 g/mol. The van der Waals surface area contributed by atoms with E-state index in [1.165, 1.54) is 6.20 Å². The van der Waals surface area contributed by atoms with E-state index in [4.69, 9.17) is 16.0 Å². The number of aryl methyl sites for hydroxylation is 1. The predicted molar refractivity (Wildman–Crippen MR) is 98.8 cm³/mol. The lowest BCUT2D eigenvalue weighted by molar-refractivity contribution is 0.0925. The van der Waals surface area contributed by atoms with Gasteiger partial charge in [-0.05, 0) is 35.2 Å². The SMILES string of the molecule is CCc1ncc(C(=O)NCCc2ccc(-c3cccc(Cl)c3)cc2)o1. The Hall–Kier alpha value is -2.59. The van der Waals surface area contributed by atoms with Crippen molar-refractivity contribution in [3.63, 3.8) is 0 Å². The minimum Gasteiger partial charge on any atom is -0.436 e. The fourth-order valence-corrected chi connectivity index (χ4v) is 2.71. The van der Waals surface area contributed by atoms with Crippen LogP contribution in [0.2, 0.25) is 5.02 Å². The van der Waals surface area contributed by atoms with Crippen molar-refractivity contribution in [3.05, 3.63) is 77.0 Å². The van der Waals surface area contributed by atoms with E-state index in [9.17, 15) is 4.79 Å². The molecule has 1 N–H and O–H groups in total. The minimum absolute atomic E-state index is 0.234. The summed E-state index contributed by atoms with van der Waals surface area (Å²) in [5.74, 6) is 0.595. The quantitative estimate of drug-likeness (QED) is 0.707. The monoisotopic (exact) mass is 354 g/mol. The molecular formula is C20H19ClN2O2. The van der Waals surface area contributed by atoms with Crippen LogP contribution >= 0.6 is 11.6 Å². The summed E-state index contributed by atoms with van der Waals surface area (Å²) in [6, 6.07) is 16.0. The smallest absolute Gasteiger partial charge is 0.288 e. The average Bonchev–Trinajstić information content (AvgIpc) is 3.11. The molecule has 4 nitrogen and oxygen atoms in total. The zero-order valence-electron chi connectivity index (χ0n) is 14.0. The average molecular weight is 355 g/mol. The molecule has 0 spiro atoms. The second-order valence-corrected chi connectivity index (χ2v) is 6.12. The summed E-state index contributed by atoms with van der Waals surface area (Å²) in [4.78, 5) is 16.0. The number of benzene rings is 2. The molecule has 1 amide bonds. The molecule has 128 valence electrons. The highest BCUT2D eigenvalue weighted by molar-refractivity contribution is 6.30. The Kier molecular flexibility index (Phi) is 5.51. The van der Waals surface area contributed by atoms with Gasteiger partial charge in [0.15, 0.2) is 5.89 Å². The van der Waals surface area contributed by atoms with Crippen LogP contribution in [0.5, 0.6) is 0 Å². The maximum atomic E-state index is 12.0. The first-order valence-corrected chi connectivity index (χ1v) is 8.61. The number of nitrogens with zero attached hydrogens (tertiary/aromatic N) is 1. The summed E-state index contributed by atoms with van der Waals surface area (Å²) in [5, 5.41) is 3.57. The van der Waals surface area contributed by atoms with Gasteiger partial charge in [0.05, 0.1) is 6.20 Å². The van der Waals surface area contributed by atoms with E-state index in [0.717, 1.165) is 28.1 Å². The lowest BCUT2D eigenvalue weighted by atomic mass is 10.0. The molecule has 0 fully saturated rings. The molecule has 0 aliphatic rings. The van der Waals surface area contributed by atoms with Gasteiger partial charge < -0.3 is 9.73 Å². The van der Waals surface area contributed by atoms with Gasteiger partial charge in [-0.2, -0.15) is 0 Å². The number of nitrogens with one attached hydrogen (secondary N) is 1. The van der Waals surface area contributed by atoms with Crippen molar-refractivity contribution < 1.29 is 9.21 Å². The van der Waals surface area contributed by atoms with E-state index in [0.29, 0.717) is 18.9 Å². The maximum Gasteiger partial charge on any atom is 0.288 e. The fourth-order valence-electron chi connectivity index (χ4n) is 2.52. The van der Waals surface area contributed by atoms with Gasteiger partial charge in [-0.15, -0.1) is 0 Å². The number of oxazole rings is 1. The van der Waals surface area contributed by atoms with Crippen LogP contribution in [-0.4, -0.2) is 17.4 Å². The zero-order chi connectivity index (χ0) is 17.6. The normalized spacial score (nSPS) is 10.6. The summed E-state index contributed by atoms with van der Waals surface area (Å²) < 4.78 is 5.34.